The largest absolute Gasteiger partial charge is 0.340 e. The summed E-state index contributed by atoms with van der Waals surface area (Å²) in [4.78, 5) is 13.4. The number of rotatable bonds is 4. The lowest BCUT2D eigenvalue weighted by Crippen LogP contribution is -2.30. The minimum atomic E-state index is 0.500. The maximum absolute atomic E-state index is 6.32. The lowest BCUT2D eigenvalue weighted by molar-refractivity contribution is 0.616. The molecule has 0 amide bonds. The fourth-order valence-electron chi connectivity index (χ4n) is 3.05. The fourth-order valence-corrected chi connectivity index (χ4v) is 4.45. The van der Waals surface area contributed by atoms with Crippen LogP contribution in [0, 0.1) is 0 Å². The summed E-state index contributed by atoms with van der Waals surface area (Å²) in [5, 5.41) is 4.44. The molecular formula is C17H17Cl2N5S. The highest BCUT2D eigenvalue weighted by Crippen LogP contribution is 2.38. The van der Waals surface area contributed by atoms with Crippen LogP contribution in [-0.4, -0.2) is 40.5 Å². The highest BCUT2D eigenvalue weighted by molar-refractivity contribution is 7.99. The molecule has 1 aromatic carbocycles. The number of aromatic nitrogens is 3. The minimum absolute atomic E-state index is 0.500. The average Bonchev–Trinajstić information content (AvgIpc) is 3.28. The van der Waals surface area contributed by atoms with Gasteiger partial charge < -0.3 is 10.2 Å². The third-order valence-electron chi connectivity index (χ3n) is 4.39. The predicted octanol–water partition coefficient (Wildman–Crippen LogP) is 3.99. The number of imidazole rings is 1. The Kier molecular flexibility index (Phi) is 4.78. The quantitative estimate of drug-likeness (QED) is 0.725. The van der Waals surface area contributed by atoms with Gasteiger partial charge in [0, 0.05) is 42.6 Å². The lowest BCUT2D eigenvalue weighted by atomic mass is 10.3. The van der Waals surface area contributed by atoms with Crippen molar-refractivity contribution >= 4 is 46.6 Å². The third-order valence-corrected chi connectivity index (χ3v) is 6.39. The van der Waals surface area contributed by atoms with E-state index in [1.165, 1.54) is 11.8 Å². The first-order valence-corrected chi connectivity index (χ1v) is 9.60. The Labute approximate surface area is 160 Å². The molecule has 1 aliphatic rings. The molecule has 8 heteroatoms. The number of likely N-dealkylation sites (N-methyl/N-ethyl adjacent to an activating group) is 1. The normalized spacial score (nSPS) is 17.6. The van der Waals surface area contributed by atoms with Crippen molar-refractivity contribution in [3.63, 3.8) is 0 Å². The summed E-state index contributed by atoms with van der Waals surface area (Å²) in [6.45, 7) is 1.93. The molecule has 3 aromatic rings. The predicted molar refractivity (Wildman–Crippen MR) is 103 cm³/mol. The topological polar surface area (TPSA) is 45.5 Å². The van der Waals surface area contributed by atoms with Crippen LogP contribution in [0.3, 0.4) is 0 Å². The summed E-state index contributed by atoms with van der Waals surface area (Å²) in [7, 11) is 2.00. The van der Waals surface area contributed by atoms with Crippen LogP contribution >= 0.6 is 35.0 Å². The Hall–Kier alpha value is -1.47. The number of nitrogens with one attached hydrogen (secondary N) is 1. The number of nitrogens with zero attached hydrogens (tertiary/aromatic N) is 4. The first kappa shape index (κ1) is 17.0. The monoisotopic (exact) mass is 393 g/mol. The first-order chi connectivity index (χ1) is 12.2. The van der Waals surface area contributed by atoms with E-state index in [0.717, 1.165) is 40.9 Å². The summed E-state index contributed by atoms with van der Waals surface area (Å²) in [6.07, 6.45) is 6.74. The van der Waals surface area contributed by atoms with Gasteiger partial charge in [-0.3, -0.25) is 4.40 Å². The Morgan fingerprint density at radius 1 is 1.24 bits per heavy atom. The number of fused-ring (bicyclic) bond motifs is 1. The van der Waals surface area contributed by atoms with Gasteiger partial charge in [-0.25, -0.2) is 9.97 Å². The molecule has 1 aliphatic heterocycles. The molecule has 130 valence electrons. The molecule has 0 bridgehead atoms. The highest BCUT2D eigenvalue weighted by atomic mass is 35.5. The van der Waals surface area contributed by atoms with Gasteiger partial charge in [0.2, 0.25) is 5.95 Å². The molecule has 3 heterocycles. The van der Waals surface area contributed by atoms with E-state index >= 15 is 0 Å². The maximum Gasteiger partial charge on any atom is 0.211 e. The maximum atomic E-state index is 6.32. The van der Waals surface area contributed by atoms with Crippen molar-refractivity contribution in [1.82, 2.24) is 19.7 Å². The van der Waals surface area contributed by atoms with Crippen LogP contribution in [-0.2, 0) is 0 Å². The number of anilines is 1. The molecule has 1 fully saturated rings. The van der Waals surface area contributed by atoms with Gasteiger partial charge >= 0.3 is 0 Å². The Balaban J connectivity index is 1.69. The zero-order valence-corrected chi connectivity index (χ0v) is 15.9. The van der Waals surface area contributed by atoms with Crippen LogP contribution in [0.25, 0.3) is 5.65 Å². The molecule has 1 N–H and O–H groups in total. The van der Waals surface area contributed by atoms with Crippen molar-refractivity contribution in [2.45, 2.75) is 22.3 Å². The SMILES string of the molecule is CNC1CCN(c2ncc(Sc3cccc(Cl)c3Cl)c3nccn23)C1. The number of hydrogen-bond donors (Lipinski definition) is 1. The Morgan fingerprint density at radius 3 is 2.92 bits per heavy atom. The average molecular weight is 394 g/mol. The highest BCUT2D eigenvalue weighted by Gasteiger charge is 2.24. The minimum Gasteiger partial charge on any atom is -0.340 e. The van der Waals surface area contributed by atoms with E-state index in [2.05, 4.69) is 15.2 Å². The van der Waals surface area contributed by atoms with Gasteiger partial charge in [-0.15, -0.1) is 0 Å². The van der Waals surface area contributed by atoms with Gasteiger partial charge in [-0.2, -0.15) is 0 Å². The van der Waals surface area contributed by atoms with E-state index in [0.29, 0.717) is 16.1 Å². The molecule has 2 aromatic heterocycles. The molecule has 5 nitrogen and oxygen atoms in total. The Bertz CT molecular complexity index is 913. The zero-order valence-electron chi connectivity index (χ0n) is 13.6. The second-order valence-corrected chi connectivity index (χ2v) is 7.79. The van der Waals surface area contributed by atoms with Crippen LogP contribution in [0.2, 0.25) is 10.0 Å². The summed E-state index contributed by atoms with van der Waals surface area (Å²) < 4.78 is 2.04. The van der Waals surface area contributed by atoms with Crippen molar-refractivity contribution in [2.24, 2.45) is 0 Å². The smallest absolute Gasteiger partial charge is 0.211 e. The lowest BCUT2D eigenvalue weighted by Gasteiger charge is -2.19. The fraction of sp³-hybridized carbons (Fsp3) is 0.294. The van der Waals surface area contributed by atoms with Crippen LogP contribution in [0.15, 0.2) is 46.6 Å². The second-order valence-electron chi connectivity index (χ2n) is 5.92. The summed E-state index contributed by atoms with van der Waals surface area (Å²) >= 11 is 14.0. The van der Waals surface area contributed by atoms with Gasteiger partial charge in [-0.1, -0.05) is 41.0 Å². The van der Waals surface area contributed by atoms with E-state index in [1.54, 1.807) is 12.3 Å². The van der Waals surface area contributed by atoms with Gasteiger partial charge in [0.25, 0.3) is 0 Å². The van der Waals surface area contributed by atoms with Gasteiger partial charge in [0.05, 0.1) is 14.9 Å². The molecular weight excluding hydrogens is 377 g/mol. The van der Waals surface area contributed by atoms with Crippen molar-refractivity contribution in [3.8, 4) is 0 Å². The van der Waals surface area contributed by atoms with Crippen molar-refractivity contribution in [2.75, 3.05) is 25.0 Å². The first-order valence-electron chi connectivity index (χ1n) is 8.03. The van der Waals surface area contributed by atoms with Crippen molar-refractivity contribution in [1.29, 1.82) is 0 Å². The van der Waals surface area contributed by atoms with E-state index < -0.39 is 0 Å². The molecule has 0 aliphatic carbocycles. The van der Waals surface area contributed by atoms with Gasteiger partial charge in [0.1, 0.15) is 0 Å². The van der Waals surface area contributed by atoms with Crippen molar-refractivity contribution < 1.29 is 0 Å². The van der Waals surface area contributed by atoms with Gasteiger partial charge in [-0.05, 0) is 25.6 Å². The molecule has 1 atom stereocenters. The molecule has 0 spiro atoms. The molecule has 1 saturated heterocycles. The summed E-state index contributed by atoms with van der Waals surface area (Å²) in [5.74, 6) is 0.923. The molecule has 25 heavy (non-hydrogen) atoms. The van der Waals surface area contributed by atoms with Crippen LogP contribution in [0.5, 0.6) is 0 Å². The van der Waals surface area contributed by atoms with Crippen molar-refractivity contribution in [3.05, 3.63) is 46.8 Å². The standard InChI is InChI=1S/C17H17Cl2N5S/c1-20-11-5-7-23(10-11)17-22-9-14(16-21-6-8-24(16)17)25-13-4-2-3-12(18)15(13)19/h2-4,6,8-9,11,20H,5,7,10H2,1H3. The van der Waals surface area contributed by atoms with Gasteiger partial charge in [0.15, 0.2) is 5.65 Å². The molecule has 1 unspecified atom stereocenters. The van der Waals surface area contributed by atoms with E-state index in [1.807, 2.05) is 36.0 Å². The van der Waals surface area contributed by atoms with E-state index in [9.17, 15) is 0 Å². The number of hydrogen-bond acceptors (Lipinski definition) is 5. The van der Waals surface area contributed by atoms with Crippen LogP contribution in [0.1, 0.15) is 6.42 Å². The number of benzene rings is 1. The number of halogens is 2. The third kappa shape index (κ3) is 3.19. The van der Waals surface area contributed by atoms with E-state index in [4.69, 9.17) is 28.2 Å². The van der Waals surface area contributed by atoms with Crippen LogP contribution < -0.4 is 10.2 Å². The summed E-state index contributed by atoms with van der Waals surface area (Å²) in [5.41, 5.74) is 0.874. The second kappa shape index (κ2) is 7.03. The summed E-state index contributed by atoms with van der Waals surface area (Å²) in [6, 6.07) is 6.12. The zero-order chi connectivity index (χ0) is 17.4. The van der Waals surface area contributed by atoms with E-state index in [-0.39, 0.29) is 0 Å². The Morgan fingerprint density at radius 2 is 2.12 bits per heavy atom. The molecule has 0 saturated carbocycles. The molecule has 4 rings (SSSR count). The molecule has 0 radical (unpaired) electrons. The van der Waals surface area contributed by atoms with Crippen LogP contribution in [0.4, 0.5) is 5.95 Å².